The van der Waals surface area contributed by atoms with E-state index < -0.39 is 0 Å². The molecule has 0 fully saturated rings. The van der Waals surface area contributed by atoms with Gasteiger partial charge in [-0.15, -0.1) is 0 Å². The molecule has 0 radical (unpaired) electrons. The zero-order valence-corrected chi connectivity index (χ0v) is 31.8. The monoisotopic (exact) mass is 631 g/mol. The molecule has 0 aromatic heterocycles. The number of rotatable bonds is 37. The van der Waals surface area contributed by atoms with Gasteiger partial charge in [0.15, 0.2) is 0 Å². The summed E-state index contributed by atoms with van der Waals surface area (Å²) in [5.41, 5.74) is 0. The molecular formula is C43H86N2. The maximum Gasteiger partial charge on any atom is 0.101 e. The van der Waals surface area contributed by atoms with Crippen molar-refractivity contribution in [1.29, 1.82) is 0 Å². The van der Waals surface area contributed by atoms with Crippen molar-refractivity contribution < 1.29 is 0 Å². The summed E-state index contributed by atoms with van der Waals surface area (Å²) < 4.78 is 0. The van der Waals surface area contributed by atoms with E-state index in [9.17, 15) is 0 Å². The highest BCUT2D eigenvalue weighted by Gasteiger charge is 2.24. The molecule has 1 heterocycles. The Morgan fingerprint density at radius 2 is 0.511 bits per heavy atom. The van der Waals surface area contributed by atoms with Crippen molar-refractivity contribution in [2.24, 2.45) is 0 Å². The molecular weight excluding hydrogens is 544 g/mol. The smallest absolute Gasteiger partial charge is 0.101 e. The SMILES string of the molecule is CCCCCCCCCCCCCCCCCCC1N(CCCCCCCCCCC)C=CN1CCCCCCCCCCC. The van der Waals surface area contributed by atoms with Gasteiger partial charge in [-0.25, -0.2) is 0 Å². The molecule has 1 aliphatic heterocycles. The van der Waals surface area contributed by atoms with E-state index in [1.165, 1.54) is 238 Å². The average molecular weight is 631 g/mol. The second-order valence-corrected chi connectivity index (χ2v) is 15.0. The summed E-state index contributed by atoms with van der Waals surface area (Å²) in [5.74, 6) is 0. The van der Waals surface area contributed by atoms with Gasteiger partial charge in [-0.2, -0.15) is 0 Å². The summed E-state index contributed by atoms with van der Waals surface area (Å²) in [4.78, 5) is 5.44. The fourth-order valence-electron chi connectivity index (χ4n) is 7.42. The molecule has 45 heavy (non-hydrogen) atoms. The Labute approximate surface area is 286 Å². The summed E-state index contributed by atoms with van der Waals surface area (Å²) >= 11 is 0. The summed E-state index contributed by atoms with van der Waals surface area (Å²) in [6.45, 7) is 9.48. The van der Waals surface area contributed by atoms with Crippen molar-refractivity contribution in [3.8, 4) is 0 Å². The lowest BCUT2D eigenvalue weighted by molar-refractivity contribution is 0.135. The fraction of sp³-hybridized carbons (Fsp3) is 0.953. The van der Waals surface area contributed by atoms with Crippen molar-refractivity contribution in [2.75, 3.05) is 13.1 Å². The maximum atomic E-state index is 2.72. The Bertz CT molecular complexity index is 554. The molecule has 0 aromatic carbocycles. The number of unbranched alkanes of at least 4 members (excludes halogenated alkanes) is 31. The molecule has 0 atom stereocenters. The van der Waals surface area contributed by atoms with E-state index in [0.29, 0.717) is 6.17 Å². The van der Waals surface area contributed by atoms with Crippen LogP contribution in [-0.4, -0.2) is 29.1 Å². The lowest BCUT2D eigenvalue weighted by Gasteiger charge is -2.33. The van der Waals surface area contributed by atoms with Crippen molar-refractivity contribution in [3.05, 3.63) is 12.4 Å². The van der Waals surface area contributed by atoms with E-state index in [1.54, 1.807) is 0 Å². The molecule has 0 saturated carbocycles. The van der Waals surface area contributed by atoms with Crippen molar-refractivity contribution in [2.45, 2.75) is 252 Å². The highest BCUT2D eigenvalue weighted by Crippen LogP contribution is 2.24. The Hall–Kier alpha value is -0.660. The lowest BCUT2D eigenvalue weighted by atomic mass is 10.0. The second-order valence-electron chi connectivity index (χ2n) is 15.0. The molecule has 0 spiro atoms. The van der Waals surface area contributed by atoms with Crippen LogP contribution >= 0.6 is 0 Å². The first-order valence-electron chi connectivity index (χ1n) is 21.5. The van der Waals surface area contributed by atoms with E-state index >= 15 is 0 Å². The molecule has 2 heteroatoms. The summed E-state index contributed by atoms with van der Waals surface area (Å²) in [6, 6.07) is 0. The van der Waals surface area contributed by atoms with E-state index in [0.717, 1.165) is 0 Å². The first-order valence-corrected chi connectivity index (χ1v) is 21.5. The fourth-order valence-corrected chi connectivity index (χ4v) is 7.42. The van der Waals surface area contributed by atoms with Gasteiger partial charge in [-0.3, -0.25) is 0 Å². The molecule has 0 bridgehead atoms. The van der Waals surface area contributed by atoms with Gasteiger partial charge < -0.3 is 9.80 Å². The standard InChI is InChI=1S/C43H86N2/c1-4-7-10-13-16-19-20-21-22-23-24-25-26-29-32-35-38-43-44(39-36-33-30-27-17-14-11-8-5-2)41-42-45(43)40-37-34-31-28-18-15-12-9-6-3/h41-43H,4-40H2,1-3H3. The zero-order valence-electron chi connectivity index (χ0n) is 31.8. The molecule has 0 unspecified atom stereocenters. The van der Waals surface area contributed by atoms with E-state index in [4.69, 9.17) is 0 Å². The number of nitrogens with zero attached hydrogens (tertiary/aromatic N) is 2. The van der Waals surface area contributed by atoms with Gasteiger partial charge in [0.05, 0.1) is 0 Å². The second kappa shape index (κ2) is 34.7. The van der Waals surface area contributed by atoms with Gasteiger partial charge in [0.25, 0.3) is 0 Å². The first kappa shape index (κ1) is 42.4. The predicted octanol–water partition coefficient (Wildman–Crippen LogP) is 15.1. The summed E-state index contributed by atoms with van der Waals surface area (Å²) in [7, 11) is 0. The van der Waals surface area contributed by atoms with Crippen LogP contribution < -0.4 is 0 Å². The molecule has 1 rings (SSSR count). The third-order valence-corrected chi connectivity index (χ3v) is 10.6. The minimum absolute atomic E-state index is 0.639. The first-order chi connectivity index (χ1) is 22.3. The number of hydrogen-bond acceptors (Lipinski definition) is 2. The topological polar surface area (TPSA) is 6.48 Å². The minimum atomic E-state index is 0.639. The third kappa shape index (κ3) is 27.0. The molecule has 1 aliphatic rings. The molecule has 0 N–H and O–H groups in total. The third-order valence-electron chi connectivity index (χ3n) is 10.6. The van der Waals surface area contributed by atoms with Crippen LogP contribution in [0.3, 0.4) is 0 Å². The highest BCUT2D eigenvalue weighted by molar-refractivity contribution is 4.97. The summed E-state index contributed by atoms with van der Waals surface area (Å²) in [5, 5.41) is 0. The lowest BCUT2D eigenvalue weighted by Crippen LogP contribution is -2.39. The van der Waals surface area contributed by atoms with Gasteiger partial charge in [-0.05, 0) is 25.7 Å². The Balaban J connectivity index is 2.18. The zero-order chi connectivity index (χ0) is 32.3. The Kier molecular flexibility index (Phi) is 32.6. The van der Waals surface area contributed by atoms with Crippen LogP contribution in [0.25, 0.3) is 0 Å². The number of hydrogen-bond donors (Lipinski definition) is 0. The quantitative estimate of drug-likeness (QED) is 0.0630. The van der Waals surface area contributed by atoms with Gasteiger partial charge in [0, 0.05) is 25.5 Å². The van der Waals surface area contributed by atoms with Gasteiger partial charge in [0.1, 0.15) is 6.17 Å². The van der Waals surface area contributed by atoms with Crippen LogP contribution in [0.4, 0.5) is 0 Å². The van der Waals surface area contributed by atoms with Crippen molar-refractivity contribution in [1.82, 2.24) is 9.80 Å². The maximum absolute atomic E-state index is 2.72. The van der Waals surface area contributed by atoms with E-state index in [2.05, 4.69) is 43.0 Å². The van der Waals surface area contributed by atoms with Gasteiger partial charge in [-0.1, -0.05) is 220 Å². The predicted molar refractivity (Wildman–Crippen MR) is 205 cm³/mol. The van der Waals surface area contributed by atoms with Gasteiger partial charge in [0.2, 0.25) is 0 Å². The van der Waals surface area contributed by atoms with Crippen LogP contribution in [0.1, 0.15) is 245 Å². The van der Waals surface area contributed by atoms with Crippen molar-refractivity contribution >= 4 is 0 Å². The van der Waals surface area contributed by atoms with Crippen molar-refractivity contribution in [3.63, 3.8) is 0 Å². The minimum Gasteiger partial charge on any atom is -0.356 e. The average Bonchev–Trinajstić information content (AvgIpc) is 3.43. The van der Waals surface area contributed by atoms with Crippen LogP contribution in [0, 0.1) is 0 Å². The van der Waals surface area contributed by atoms with E-state index in [-0.39, 0.29) is 0 Å². The Morgan fingerprint density at radius 1 is 0.289 bits per heavy atom. The molecule has 0 saturated heterocycles. The van der Waals surface area contributed by atoms with Gasteiger partial charge >= 0.3 is 0 Å². The molecule has 268 valence electrons. The Morgan fingerprint density at radius 3 is 0.778 bits per heavy atom. The normalized spacial score (nSPS) is 13.6. The molecule has 2 nitrogen and oxygen atoms in total. The van der Waals surface area contributed by atoms with E-state index in [1.807, 2.05) is 0 Å². The summed E-state index contributed by atoms with van der Waals surface area (Å²) in [6.07, 6.45) is 55.9. The van der Waals surface area contributed by atoms with Crippen LogP contribution in [0.5, 0.6) is 0 Å². The molecule has 0 aliphatic carbocycles. The van der Waals surface area contributed by atoms with Crippen LogP contribution in [-0.2, 0) is 0 Å². The molecule has 0 aromatic rings. The van der Waals surface area contributed by atoms with Crippen LogP contribution in [0.2, 0.25) is 0 Å². The largest absolute Gasteiger partial charge is 0.356 e. The highest BCUT2D eigenvalue weighted by atomic mass is 15.4. The molecule has 0 amide bonds. The van der Waals surface area contributed by atoms with Crippen LogP contribution in [0.15, 0.2) is 12.4 Å².